The summed E-state index contributed by atoms with van der Waals surface area (Å²) in [5.74, 6) is 0.155. The standard InChI is InChI=1S/C20H26N6O3/c27-17-2-4-20(14-26(17)9-3-16-12-21-15-23-16)5-10-24(11-6-20)18(28)13-25-8-1-7-22-19(25)29/h1,7-8,12,15H,2-6,9-11,13-14H2,(H,21,23). The van der Waals surface area contributed by atoms with Crippen LogP contribution in [0.15, 0.2) is 35.8 Å². The minimum atomic E-state index is -0.409. The van der Waals surface area contributed by atoms with E-state index in [1.165, 1.54) is 10.8 Å². The largest absolute Gasteiger partial charge is 0.348 e. The van der Waals surface area contributed by atoms with Crippen molar-refractivity contribution in [2.45, 2.75) is 38.6 Å². The van der Waals surface area contributed by atoms with Crippen LogP contribution in [-0.4, -0.2) is 67.3 Å². The molecule has 29 heavy (non-hydrogen) atoms. The molecule has 2 aliphatic heterocycles. The average Bonchev–Trinajstić information content (AvgIpc) is 3.25. The van der Waals surface area contributed by atoms with E-state index >= 15 is 0 Å². The molecule has 0 saturated carbocycles. The summed E-state index contributed by atoms with van der Waals surface area (Å²) in [6, 6.07) is 1.65. The van der Waals surface area contributed by atoms with Crippen LogP contribution < -0.4 is 5.69 Å². The number of nitrogens with one attached hydrogen (secondary N) is 1. The van der Waals surface area contributed by atoms with Gasteiger partial charge in [0.1, 0.15) is 6.54 Å². The summed E-state index contributed by atoms with van der Waals surface area (Å²) in [5.41, 5.74) is 0.709. The summed E-state index contributed by atoms with van der Waals surface area (Å²) in [6.45, 7) is 2.79. The van der Waals surface area contributed by atoms with Gasteiger partial charge in [0.2, 0.25) is 11.8 Å². The molecule has 9 heteroatoms. The predicted molar refractivity (Wildman–Crippen MR) is 105 cm³/mol. The smallest absolute Gasteiger partial charge is 0.347 e. The molecule has 154 valence electrons. The van der Waals surface area contributed by atoms with E-state index in [-0.39, 0.29) is 23.8 Å². The van der Waals surface area contributed by atoms with Crippen molar-refractivity contribution >= 4 is 11.8 Å². The van der Waals surface area contributed by atoms with Crippen LogP contribution in [0.4, 0.5) is 0 Å². The highest BCUT2D eigenvalue weighted by molar-refractivity contribution is 5.77. The topological polar surface area (TPSA) is 104 Å². The van der Waals surface area contributed by atoms with Crippen LogP contribution in [0.3, 0.4) is 0 Å². The van der Waals surface area contributed by atoms with Crippen molar-refractivity contribution in [2.24, 2.45) is 5.41 Å². The number of rotatable bonds is 5. The number of likely N-dealkylation sites (tertiary alicyclic amines) is 2. The van der Waals surface area contributed by atoms with Crippen molar-refractivity contribution in [1.29, 1.82) is 0 Å². The number of nitrogens with zero attached hydrogens (tertiary/aromatic N) is 5. The van der Waals surface area contributed by atoms with Crippen LogP contribution in [0.25, 0.3) is 0 Å². The van der Waals surface area contributed by atoms with Crippen LogP contribution in [-0.2, 0) is 22.6 Å². The molecule has 2 aliphatic rings. The first-order chi connectivity index (χ1) is 14.0. The van der Waals surface area contributed by atoms with Gasteiger partial charge in [-0.2, -0.15) is 0 Å². The van der Waals surface area contributed by atoms with Crippen molar-refractivity contribution in [3.05, 3.63) is 47.2 Å². The van der Waals surface area contributed by atoms with Crippen LogP contribution in [0, 0.1) is 5.41 Å². The first kappa shape index (κ1) is 19.4. The highest BCUT2D eigenvalue weighted by Crippen LogP contribution is 2.40. The molecule has 0 unspecified atom stereocenters. The van der Waals surface area contributed by atoms with Gasteiger partial charge in [-0.3, -0.25) is 14.2 Å². The second kappa shape index (κ2) is 8.18. The van der Waals surface area contributed by atoms with E-state index in [9.17, 15) is 14.4 Å². The zero-order valence-corrected chi connectivity index (χ0v) is 16.4. The van der Waals surface area contributed by atoms with E-state index in [1.54, 1.807) is 24.8 Å². The van der Waals surface area contributed by atoms with Crippen molar-refractivity contribution in [3.8, 4) is 0 Å². The molecule has 2 saturated heterocycles. The first-order valence-electron chi connectivity index (χ1n) is 10.1. The molecule has 2 amide bonds. The van der Waals surface area contributed by atoms with Gasteiger partial charge in [-0.05, 0) is 30.7 Å². The van der Waals surface area contributed by atoms with Crippen LogP contribution in [0.1, 0.15) is 31.4 Å². The van der Waals surface area contributed by atoms with E-state index in [0.29, 0.717) is 26.1 Å². The van der Waals surface area contributed by atoms with E-state index in [1.807, 2.05) is 9.80 Å². The Morgan fingerprint density at radius 3 is 2.76 bits per heavy atom. The second-order valence-corrected chi connectivity index (χ2v) is 8.05. The molecule has 0 radical (unpaired) electrons. The van der Waals surface area contributed by atoms with Crippen molar-refractivity contribution in [2.75, 3.05) is 26.2 Å². The number of hydrogen-bond acceptors (Lipinski definition) is 5. The van der Waals surface area contributed by atoms with Crippen LogP contribution in [0.5, 0.6) is 0 Å². The first-order valence-corrected chi connectivity index (χ1v) is 10.1. The summed E-state index contributed by atoms with van der Waals surface area (Å²) in [7, 11) is 0. The quantitative estimate of drug-likeness (QED) is 0.787. The average molecular weight is 398 g/mol. The number of imidazole rings is 1. The summed E-state index contributed by atoms with van der Waals surface area (Å²) in [4.78, 5) is 51.3. The van der Waals surface area contributed by atoms with Gasteiger partial charge in [0.25, 0.3) is 0 Å². The third kappa shape index (κ3) is 4.38. The fourth-order valence-electron chi connectivity index (χ4n) is 4.37. The van der Waals surface area contributed by atoms with Crippen molar-refractivity contribution in [1.82, 2.24) is 29.3 Å². The van der Waals surface area contributed by atoms with Crippen LogP contribution >= 0.6 is 0 Å². The lowest BCUT2D eigenvalue weighted by molar-refractivity contribution is -0.142. The minimum Gasteiger partial charge on any atom is -0.348 e. The predicted octanol–water partition coefficient (Wildman–Crippen LogP) is 0.440. The third-order valence-corrected chi connectivity index (χ3v) is 6.22. The highest BCUT2D eigenvalue weighted by Gasteiger charge is 2.41. The Hall–Kier alpha value is -2.97. The number of amides is 2. The summed E-state index contributed by atoms with van der Waals surface area (Å²) < 4.78 is 1.34. The lowest BCUT2D eigenvalue weighted by Gasteiger charge is -2.47. The van der Waals surface area contributed by atoms with Gasteiger partial charge in [0.15, 0.2) is 0 Å². The number of piperidine rings is 2. The summed E-state index contributed by atoms with van der Waals surface area (Å²) >= 11 is 0. The molecule has 0 aromatic carbocycles. The Bertz CT molecular complexity index is 914. The third-order valence-electron chi connectivity index (χ3n) is 6.22. The maximum absolute atomic E-state index is 12.6. The molecule has 4 rings (SSSR count). The molecular formula is C20H26N6O3. The van der Waals surface area contributed by atoms with E-state index in [4.69, 9.17) is 0 Å². The van der Waals surface area contributed by atoms with E-state index in [0.717, 1.165) is 37.9 Å². The number of H-pyrrole nitrogens is 1. The number of aromatic nitrogens is 4. The van der Waals surface area contributed by atoms with Gasteiger partial charge < -0.3 is 14.8 Å². The molecule has 1 spiro atoms. The van der Waals surface area contributed by atoms with Gasteiger partial charge in [-0.25, -0.2) is 14.8 Å². The van der Waals surface area contributed by atoms with Crippen molar-refractivity contribution < 1.29 is 9.59 Å². The molecule has 2 aromatic rings. The maximum Gasteiger partial charge on any atom is 0.347 e. The second-order valence-electron chi connectivity index (χ2n) is 8.05. The lowest BCUT2D eigenvalue weighted by atomic mass is 9.72. The Morgan fingerprint density at radius 1 is 1.21 bits per heavy atom. The molecular weight excluding hydrogens is 372 g/mol. The molecule has 2 fully saturated rings. The minimum absolute atomic E-state index is 0.0223. The Kier molecular flexibility index (Phi) is 5.46. The van der Waals surface area contributed by atoms with Gasteiger partial charge in [-0.15, -0.1) is 0 Å². The SMILES string of the molecule is O=C(Cn1cccnc1=O)N1CCC2(CCC(=O)N(CCc3cnc[nH]3)C2)CC1. The number of hydrogen-bond donors (Lipinski definition) is 1. The Balaban J connectivity index is 1.32. The molecule has 0 aliphatic carbocycles. The highest BCUT2D eigenvalue weighted by atomic mass is 16.2. The Labute approximate surface area is 168 Å². The summed E-state index contributed by atoms with van der Waals surface area (Å²) in [5, 5.41) is 0. The molecule has 1 N–H and O–H groups in total. The molecule has 2 aromatic heterocycles. The maximum atomic E-state index is 12.6. The molecule has 4 heterocycles. The lowest BCUT2D eigenvalue weighted by Crippen LogP contribution is -2.53. The zero-order chi connectivity index (χ0) is 20.3. The van der Waals surface area contributed by atoms with Gasteiger partial charge in [-0.1, -0.05) is 0 Å². The summed E-state index contributed by atoms with van der Waals surface area (Å²) in [6.07, 6.45) is 10.5. The fourth-order valence-corrected chi connectivity index (χ4v) is 4.37. The van der Waals surface area contributed by atoms with Crippen molar-refractivity contribution in [3.63, 3.8) is 0 Å². The molecule has 0 bridgehead atoms. The monoisotopic (exact) mass is 398 g/mol. The van der Waals surface area contributed by atoms with E-state index < -0.39 is 5.69 Å². The zero-order valence-electron chi connectivity index (χ0n) is 16.4. The van der Waals surface area contributed by atoms with Gasteiger partial charge in [0.05, 0.1) is 6.33 Å². The number of aromatic amines is 1. The Morgan fingerprint density at radius 2 is 2.03 bits per heavy atom. The number of carbonyl (C=O) groups is 2. The molecule has 0 atom stereocenters. The normalized spacial score (nSPS) is 19.0. The van der Waals surface area contributed by atoms with Crippen LogP contribution in [0.2, 0.25) is 0 Å². The number of carbonyl (C=O) groups excluding carboxylic acids is 2. The fraction of sp³-hybridized carbons (Fsp3) is 0.550. The molecule has 9 nitrogen and oxygen atoms in total. The van der Waals surface area contributed by atoms with Gasteiger partial charge in [0, 0.05) is 63.3 Å². The van der Waals surface area contributed by atoms with E-state index in [2.05, 4.69) is 15.0 Å². The van der Waals surface area contributed by atoms with Gasteiger partial charge >= 0.3 is 5.69 Å².